The first-order valence-corrected chi connectivity index (χ1v) is 11.4. The Morgan fingerprint density at radius 3 is 2.85 bits per heavy atom. The molecule has 2 N–H and O–H groups in total. The molecular formula is C21H31N3O2S. The minimum absolute atomic E-state index is 0.307. The third kappa shape index (κ3) is 4.92. The summed E-state index contributed by atoms with van der Waals surface area (Å²) in [7, 11) is -0.714. The first-order chi connectivity index (χ1) is 13.1. The van der Waals surface area contributed by atoms with Crippen molar-refractivity contribution in [3.8, 4) is 0 Å². The predicted octanol–water partition coefficient (Wildman–Crippen LogP) is 3.88. The van der Waals surface area contributed by atoms with Crippen LogP contribution in [0.1, 0.15) is 50.9 Å². The van der Waals surface area contributed by atoms with Gasteiger partial charge in [0.05, 0.1) is 0 Å². The SMILES string of the molecule is CCNC(=NCc1oc2ccccc2c1C)NC1CCCC(S(=O)CC)C1. The quantitative estimate of drug-likeness (QED) is 0.581. The highest BCUT2D eigenvalue weighted by atomic mass is 32.2. The molecule has 0 saturated heterocycles. The van der Waals surface area contributed by atoms with Gasteiger partial charge in [0.25, 0.3) is 0 Å². The van der Waals surface area contributed by atoms with Crippen LogP contribution in [-0.4, -0.2) is 33.8 Å². The van der Waals surface area contributed by atoms with Crippen LogP contribution in [0.25, 0.3) is 11.0 Å². The largest absolute Gasteiger partial charge is 0.459 e. The lowest BCUT2D eigenvalue weighted by atomic mass is 9.95. The second-order valence-electron chi connectivity index (χ2n) is 7.14. The summed E-state index contributed by atoms with van der Waals surface area (Å²) >= 11 is 0. The number of guanidine groups is 1. The highest BCUT2D eigenvalue weighted by Gasteiger charge is 2.26. The van der Waals surface area contributed by atoms with E-state index in [9.17, 15) is 4.21 Å². The molecule has 3 atom stereocenters. The topological polar surface area (TPSA) is 66.6 Å². The fourth-order valence-electron chi connectivity index (χ4n) is 3.79. The van der Waals surface area contributed by atoms with Crippen LogP contribution in [0.4, 0.5) is 0 Å². The van der Waals surface area contributed by atoms with Crippen LogP contribution < -0.4 is 10.6 Å². The fraction of sp³-hybridized carbons (Fsp3) is 0.571. The smallest absolute Gasteiger partial charge is 0.191 e. The summed E-state index contributed by atoms with van der Waals surface area (Å²) in [6.45, 7) is 7.48. The van der Waals surface area contributed by atoms with Gasteiger partial charge in [0.1, 0.15) is 17.9 Å². The van der Waals surface area contributed by atoms with E-state index < -0.39 is 10.8 Å². The van der Waals surface area contributed by atoms with Crippen molar-refractivity contribution in [1.82, 2.24) is 10.6 Å². The summed E-state index contributed by atoms with van der Waals surface area (Å²) in [5.74, 6) is 2.46. The monoisotopic (exact) mass is 389 g/mol. The predicted molar refractivity (Wildman–Crippen MR) is 114 cm³/mol. The van der Waals surface area contributed by atoms with E-state index in [1.165, 1.54) is 0 Å². The zero-order chi connectivity index (χ0) is 19.2. The molecular weight excluding hydrogens is 358 g/mol. The number of nitrogens with zero attached hydrogens (tertiary/aromatic N) is 1. The highest BCUT2D eigenvalue weighted by molar-refractivity contribution is 7.85. The molecule has 3 rings (SSSR count). The number of hydrogen-bond donors (Lipinski definition) is 2. The van der Waals surface area contributed by atoms with Gasteiger partial charge in [0, 0.05) is 45.3 Å². The molecule has 2 aromatic rings. The van der Waals surface area contributed by atoms with Crippen molar-refractivity contribution in [3.63, 3.8) is 0 Å². The number of benzene rings is 1. The van der Waals surface area contributed by atoms with Crippen LogP contribution in [-0.2, 0) is 17.3 Å². The Bertz CT molecular complexity index is 815. The van der Waals surface area contributed by atoms with Gasteiger partial charge < -0.3 is 15.1 Å². The Labute approximate surface area is 164 Å². The molecule has 1 aliphatic carbocycles. The lowest BCUT2D eigenvalue weighted by molar-refractivity contribution is 0.413. The number of para-hydroxylation sites is 1. The van der Waals surface area contributed by atoms with Gasteiger partial charge in [-0.3, -0.25) is 4.21 Å². The minimum atomic E-state index is -0.714. The lowest BCUT2D eigenvalue weighted by Crippen LogP contribution is -2.46. The van der Waals surface area contributed by atoms with E-state index in [1.54, 1.807) is 0 Å². The number of hydrogen-bond acceptors (Lipinski definition) is 3. The Kier molecular flexibility index (Phi) is 6.94. The number of aliphatic imine (C=N–C) groups is 1. The van der Waals surface area contributed by atoms with Crippen LogP contribution >= 0.6 is 0 Å². The molecule has 1 aliphatic rings. The van der Waals surface area contributed by atoms with E-state index in [2.05, 4.69) is 30.5 Å². The van der Waals surface area contributed by atoms with Crippen molar-refractivity contribution in [2.24, 2.45) is 4.99 Å². The fourth-order valence-corrected chi connectivity index (χ4v) is 5.14. The van der Waals surface area contributed by atoms with Gasteiger partial charge in [-0.05, 0) is 39.2 Å². The molecule has 0 bridgehead atoms. The molecule has 0 radical (unpaired) electrons. The average molecular weight is 390 g/mol. The Morgan fingerprint density at radius 2 is 2.11 bits per heavy atom. The molecule has 27 heavy (non-hydrogen) atoms. The van der Waals surface area contributed by atoms with Gasteiger partial charge in [-0.1, -0.05) is 31.5 Å². The maximum absolute atomic E-state index is 12.2. The van der Waals surface area contributed by atoms with Crippen molar-refractivity contribution in [2.45, 2.75) is 64.3 Å². The van der Waals surface area contributed by atoms with Gasteiger partial charge in [-0.25, -0.2) is 4.99 Å². The summed E-state index contributed by atoms with van der Waals surface area (Å²) in [5.41, 5.74) is 2.07. The Hall–Kier alpha value is -1.82. The average Bonchev–Trinajstić information content (AvgIpc) is 3.02. The summed E-state index contributed by atoms with van der Waals surface area (Å²) in [6.07, 6.45) is 4.25. The van der Waals surface area contributed by atoms with E-state index in [1.807, 2.05) is 25.1 Å². The maximum Gasteiger partial charge on any atom is 0.191 e. The normalized spacial score (nSPS) is 22.0. The van der Waals surface area contributed by atoms with Crippen LogP contribution in [0.5, 0.6) is 0 Å². The first kappa shape index (κ1) is 19.9. The van der Waals surface area contributed by atoms with Gasteiger partial charge >= 0.3 is 0 Å². The molecule has 0 aliphatic heterocycles. The Balaban J connectivity index is 1.69. The molecule has 0 spiro atoms. The lowest BCUT2D eigenvalue weighted by Gasteiger charge is -2.30. The number of furan rings is 1. The van der Waals surface area contributed by atoms with Gasteiger partial charge in [0.2, 0.25) is 0 Å². The van der Waals surface area contributed by atoms with Crippen molar-refractivity contribution in [3.05, 3.63) is 35.6 Å². The van der Waals surface area contributed by atoms with E-state index in [0.717, 1.165) is 66.2 Å². The highest BCUT2D eigenvalue weighted by Crippen LogP contribution is 2.26. The van der Waals surface area contributed by atoms with E-state index in [0.29, 0.717) is 17.8 Å². The third-order valence-electron chi connectivity index (χ3n) is 5.29. The molecule has 0 amide bonds. The van der Waals surface area contributed by atoms with E-state index in [-0.39, 0.29) is 0 Å². The number of nitrogens with one attached hydrogen (secondary N) is 2. The van der Waals surface area contributed by atoms with Crippen LogP contribution in [0.15, 0.2) is 33.7 Å². The molecule has 6 heteroatoms. The molecule has 5 nitrogen and oxygen atoms in total. The molecule has 148 valence electrons. The van der Waals surface area contributed by atoms with Crippen molar-refractivity contribution in [1.29, 1.82) is 0 Å². The zero-order valence-electron chi connectivity index (χ0n) is 16.6. The van der Waals surface area contributed by atoms with Crippen molar-refractivity contribution in [2.75, 3.05) is 12.3 Å². The van der Waals surface area contributed by atoms with Gasteiger partial charge in [0.15, 0.2) is 5.96 Å². The van der Waals surface area contributed by atoms with Gasteiger partial charge in [-0.2, -0.15) is 0 Å². The van der Waals surface area contributed by atoms with Crippen molar-refractivity contribution >= 4 is 27.7 Å². The standard InChI is InChI=1S/C21H31N3O2S/c1-4-22-21(24-16-9-8-10-17(13-16)27(25)5-2)23-14-20-15(3)18-11-6-7-12-19(18)26-20/h6-7,11-12,16-17H,4-5,8-10,13-14H2,1-3H3,(H2,22,23,24). The van der Waals surface area contributed by atoms with Crippen LogP contribution in [0.2, 0.25) is 0 Å². The number of rotatable bonds is 6. The molecule has 1 aromatic carbocycles. The van der Waals surface area contributed by atoms with Crippen LogP contribution in [0, 0.1) is 6.92 Å². The second kappa shape index (κ2) is 9.40. The molecule has 1 heterocycles. The second-order valence-corrected chi connectivity index (χ2v) is 9.15. The van der Waals surface area contributed by atoms with Gasteiger partial charge in [-0.15, -0.1) is 0 Å². The van der Waals surface area contributed by atoms with E-state index >= 15 is 0 Å². The third-order valence-corrected chi connectivity index (χ3v) is 7.03. The van der Waals surface area contributed by atoms with Crippen LogP contribution in [0.3, 0.4) is 0 Å². The zero-order valence-corrected chi connectivity index (χ0v) is 17.4. The van der Waals surface area contributed by atoms with E-state index in [4.69, 9.17) is 9.41 Å². The minimum Gasteiger partial charge on any atom is -0.459 e. The number of aryl methyl sites for hydroxylation is 1. The summed E-state index contributed by atoms with van der Waals surface area (Å²) in [5, 5.41) is 8.34. The summed E-state index contributed by atoms with van der Waals surface area (Å²) < 4.78 is 18.2. The summed E-state index contributed by atoms with van der Waals surface area (Å²) in [6, 6.07) is 8.43. The molecule has 1 aromatic heterocycles. The molecule has 3 unspecified atom stereocenters. The molecule has 1 saturated carbocycles. The van der Waals surface area contributed by atoms with Crippen molar-refractivity contribution < 1.29 is 8.63 Å². The first-order valence-electron chi connectivity index (χ1n) is 10.0. The maximum atomic E-state index is 12.2. The molecule has 1 fully saturated rings. The summed E-state index contributed by atoms with van der Waals surface area (Å²) in [4.78, 5) is 4.75. The Morgan fingerprint density at radius 1 is 1.30 bits per heavy atom. The number of fused-ring (bicyclic) bond motifs is 1.